The molecule has 1 N–H and O–H groups in total. The van der Waals surface area contributed by atoms with Crippen molar-refractivity contribution >= 4 is 5.97 Å². The van der Waals surface area contributed by atoms with Gasteiger partial charge in [-0.2, -0.15) is 0 Å². The van der Waals surface area contributed by atoms with Gasteiger partial charge in [0.05, 0.1) is 13.0 Å². The van der Waals surface area contributed by atoms with Crippen LogP contribution in [-0.4, -0.2) is 25.9 Å². The fourth-order valence-electron chi connectivity index (χ4n) is 1.92. The zero-order valence-electron chi connectivity index (χ0n) is 11.3. The van der Waals surface area contributed by atoms with E-state index in [0.29, 0.717) is 19.6 Å². The maximum Gasteiger partial charge on any atom is 0.307 e. The smallest absolute Gasteiger partial charge is 0.307 e. The van der Waals surface area contributed by atoms with E-state index in [4.69, 9.17) is 14.2 Å². The molecule has 5 heteroatoms. The Balaban J connectivity index is 1.83. The van der Waals surface area contributed by atoms with E-state index in [-0.39, 0.29) is 18.8 Å². The van der Waals surface area contributed by atoms with Crippen LogP contribution in [0.5, 0.6) is 11.5 Å². The van der Waals surface area contributed by atoms with Gasteiger partial charge < -0.3 is 19.5 Å². The van der Waals surface area contributed by atoms with E-state index in [1.54, 1.807) is 6.92 Å². The molecule has 0 spiro atoms. The molecule has 2 rings (SSSR count). The molecule has 0 fully saturated rings. The van der Waals surface area contributed by atoms with Gasteiger partial charge in [0, 0.05) is 12.6 Å². The highest BCUT2D eigenvalue weighted by Crippen LogP contribution is 2.34. The number of carbonyl (C=O) groups excluding carboxylic acids is 1. The molecule has 0 saturated carbocycles. The number of fused-ring (bicyclic) bond motifs is 1. The fraction of sp³-hybridized carbons (Fsp3) is 0.500. The van der Waals surface area contributed by atoms with Crippen LogP contribution in [0.25, 0.3) is 0 Å². The van der Waals surface area contributed by atoms with Crippen LogP contribution >= 0.6 is 0 Å². The number of esters is 1. The third-order valence-corrected chi connectivity index (χ3v) is 2.98. The van der Waals surface area contributed by atoms with E-state index >= 15 is 0 Å². The van der Waals surface area contributed by atoms with Crippen LogP contribution in [0.1, 0.15) is 31.9 Å². The van der Waals surface area contributed by atoms with Crippen molar-refractivity contribution in [3.05, 3.63) is 23.8 Å². The van der Waals surface area contributed by atoms with Crippen molar-refractivity contribution in [3.8, 4) is 11.5 Å². The lowest BCUT2D eigenvalue weighted by atomic mass is 10.1. The molecular weight excluding hydrogens is 246 g/mol. The van der Waals surface area contributed by atoms with Crippen LogP contribution in [0.4, 0.5) is 0 Å². The maximum absolute atomic E-state index is 11.2. The van der Waals surface area contributed by atoms with Gasteiger partial charge in [-0.05, 0) is 31.5 Å². The lowest BCUT2D eigenvalue weighted by molar-refractivity contribution is -0.143. The zero-order chi connectivity index (χ0) is 13.7. The van der Waals surface area contributed by atoms with Crippen LogP contribution in [0, 0.1) is 0 Å². The van der Waals surface area contributed by atoms with Gasteiger partial charge in [0.1, 0.15) is 0 Å². The van der Waals surface area contributed by atoms with Gasteiger partial charge in [-0.25, -0.2) is 0 Å². The number of rotatable bonds is 6. The third-order valence-electron chi connectivity index (χ3n) is 2.98. The van der Waals surface area contributed by atoms with Crippen LogP contribution in [-0.2, 0) is 9.53 Å². The lowest BCUT2D eigenvalue weighted by Gasteiger charge is -2.14. The molecule has 0 aliphatic carbocycles. The number of ether oxygens (including phenoxy) is 3. The summed E-state index contributed by atoms with van der Waals surface area (Å²) in [6.07, 6.45) is 0.378. The lowest BCUT2D eigenvalue weighted by Crippen LogP contribution is -2.22. The molecule has 5 nitrogen and oxygen atoms in total. The summed E-state index contributed by atoms with van der Waals surface area (Å²) in [5.74, 6) is 1.38. The van der Waals surface area contributed by atoms with E-state index in [9.17, 15) is 4.79 Å². The predicted octanol–water partition coefficient (Wildman–Crippen LogP) is 2.02. The Labute approximate surface area is 112 Å². The first-order chi connectivity index (χ1) is 9.20. The quantitative estimate of drug-likeness (QED) is 0.797. The van der Waals surface area contributed by atoms with E-state index in [1.165, 1.54) is 0 Å². The Morgan fingerprint density at radius 3 is 3.00 bits per heavy atom. The van der Waals surface area contributed by atoms with Gasteiger partial charge in [0.2, 0.25) is 6.79 Å². The van der Waals surface area contributed by atoms with Crippen molar-refractivity contribution in [2.75, 3.05) is 19.9 Å². The highest BCUT2D eigenvalue weighted by atomic mass is 16.7. The van der Waals surface area contributed by atoms with Crippen LogP contribution in [0.15, 0.2) is 18.2 Å². The monoisotopic (exact) mass is 265 g/mol. The Morgan fingerprint density at radius 1 is 1.42 bits per heavy atom. The summed E-state index contributed by atoms with van der Waals surface area (Å²) in [5, 5.41) is 3.28. The molecule has 1 aromatic carbocycles. The summed E-state index contributed by atoms with van der Waals surface area (Å²) >= 11 is 0. The summed E-state index contributed by atoms with van der Waals surface area (Å²) in [6.45, 7) is 5.15. The molecule has 1 aliphatic rings. The number of hydrogen-bond donors (Lipinski definition) is 1. The maximum atomic E-state index is 11.2. The summed E-state index contributed by atoms with van der Waals surface area (Å²) in [5.41, 5.74) is 1.10. The summed E-state index contributed by atoms with van der Waals surface area (Å²) in [7, 11) is 0. The molecule has 1 atom stereocenters. The standard InChI is InChI=1S/C14H19NO4/c1-3-17-14(16)6-7-15-10(2)11-4-5-12-13(8-11)19-9-18-12/h4-5,8,10,15H,3,6-7,9H2,1-2H3. The average Bonchev–Trinajstić information content (AvgIpc) is 2.86. The largest absolute Gasteiger partial charge is 0.466 e. The summed E-state index contributed by atoms with van der Waals surface area (Å²) in [6, 6.07) is 6.00. The Kier molecular flexibility index (Phi) is 4.63. The molecule has 0 amide bonds. The topological polar surface area (TPSA) is 56.8 Å². The number of benzene rings is 1. The Morgan fingerprint density at radius 2 is 2.21 bits per heavy atom. The first kappa shape index (κ1) is 13.7. The molecule has 0 saturated heterocycles. The van der Waals surface area contributed by atoms with Gasteiger partial charge in [-0.3, -0.25) is 4.79 Å². The molecule has 1 aromatic rings. The average molecular weight is 265 g/mol. The SMILES string of the molecule is CCOC(=O)CCNC(C)c1ccc2c(c1)OCO2. The Bertz CT molecular complexity index is 447. The second-order valence-electron chi connectivity index (χ2n) is 4.34. The molecule has 19 heavy (non-hydrogen) atoms. The van der Waals surface area contributed by atoms with Crippen molar-refractivity contribution in [1.82, 2.24) is 5.32 Å². The molecule has 0 aromatic heterocycles. The van der Waals surface area contributed by atoms with E-state index < -0.39 is 0 Å². The third kappa shape index (κ3) is 3.61. The predicted molar refractivity (Wildman–Crippen MR) is 70.2 cm³/mol. The van der Waals surface area contributed by atoms with Crippen molar-refractivity contribution in [1.29, 1.82) is 0 Å². The molecule has 1 aliphatic heterocycles. The molecule has 1 unspecified atom stereocenters. The number of carbonyl (C=O) groups is 1. The summed E-state index contributed by atoms with van der Waals surface area (Å²) in [4.78, 5) is 11.2. The molecule has 0 radical (unpaired) electrons. The minimum Gasteiger partial charge on any atom is -0.466 e. The molecule has 1 heterocycles. The van der Waals surface area contributed by atoms with Gasteiger partial charge in [-0.15, -0.1) is 0 Å². The number of nitrogens with one attached hydrogen (secondary N) is 1. The minimum absolute atomic E-state index is 0.143. The van der Waals surface area contributed by atoms with E-state index in [2.05, 4.69) is 5.32 Å². The minimum atomic E-state index is -0.173. The summed E-state index contributed by atoms with van der Waals surface area (Å²) < 4.78 is 15.5. The zero-order valence-corrected chi connectivity index (χ0v) is 11.3. The van der Waals surface area contributed by atoms with Crippen molar-refractivity contribution in [2.45, 2.75) is 26.3 Å². The van der Waals surface area contributed by atoms with E-state index in [0.717, 1.165) is 17.1 Å². The number of hydrogen-bond acceptors (Lipinski definition) is 5. The van der Waals surface area contributed by atoms with Gasteiger partial charge in [0.25, 0.3) is 0 Å². The molecular formula is C14H19NO4. The van der Waals surface area contributed by atoms with E-state index in [1.807, 2.05) is 25.1 Å². The normalized spacial score (nSPS) is 14.2. The van der Waals surface area contributed by atoms with Crippen molar-refractivity contribution in [3.63, 3.8) is 0 Å². The van der Waals surface area contributed by atoms with Crippen LogP contribution in [0.2, 0.25) is 0 Å². The molecule has 0 bridgehead atoms. The van der Waals surface area contributed by atoms with Gasteiger partial charge >= 0.3 is 5.97 Å². The fourth-order valence-corrected chi connectivity index (χ4v) is 1.92. The van der Waals surface area contributed by atoms with Crippen LogP contribution in [0.3, 0.4) is 0 Å². The van der Waals surface area contributed by atoms with Crippen molar-refractivity contribution < 1.29 is 19.0 Å². The van der Waals surface area contributed by atoms with Gasteiger partial charge in [-0.1, -0.05) is 6.07 Å². The van der Waals surface area contributed by atoms with Crippen LogP contribution < -0.4 is 14.8 Å². The Hall–Kier alpha value is -1.75. The molecule has 104 valence electrons. The first-order valence-corrected chi connectivity index (χ1v) is 6.49. The van der Waals surface area contributed by atoms with Crippen molar-refractivity contribution in [2.24, 2.45) is 0 Å². The highest BCUT2D eigenvalue weighted by molar-refractivity contribution is 5.69. The second kappa shape index (κ2) is 6.43. The second-order valence-corrected chi connectivity index (χ2v) is 4.34. The first-order valence-electron chi connectivity index (χ1n) is 6.49. The highest BCUT2D eigenvalue weighted by Gasteiger charge is 2.15. The van der Waals surface area contributed by atoms with Gasteiger partial charge in [0.15, 0.2) is 11.5 Å².